The van der Waals surface area contributed by atoms with Crippen molar-refractivity contribution >= 4 is 0 Å². The summed E-state index contributed by atoms with van der Waals surface area (Å²) in [5.74, 6) is 0.298. The summed E-state index contributed by atoms with van der Waals surface area (Å²) in [4.78, 5) is 0. The fourth-order valence-electron chi connectivity index (χ4n) is 1.81. The van der Waals surface area contributed by atoms with Crippen molar-refractivity contribution in [1.82, 2.24) is 9.78 Å². The fourth-order valence-corrected chi connectivity index (χ4v) is 1.81. The third-order valence-corrected chi connectivity index (χ3v) is 2.82. The first-order valence-electron chi connectivity index (χ1n) is 6.02. The second kappa shape index (κ2) is 5.21. The van der Waals surface area contributed by atoms with Crippen molar-refractivity contribution in [2.75, 3.05) is 0 Å². The van der Waals surface area contributed by atoms with E-state index >= 15 is 0 Å². The van der Waals surface area contributed by atoms with Crippen molar-refractivity contribution in [3.63, 3.8) is 0 Å². The number of ether oxygens (including phenoxy) is 1. The minimum Gasteiger partial charge on any atom is -0.487 e. The summed E-state index contributed by atoms with van der Waals surface area (Å²) in [5, 5.41) is 4.34. The van der Waals surface area contributed by atoms with Gasteiger partial charge in [0.1, 0.15) is 18.2 Å². The van der Waals surface area contributed by atoms with Gasteiger partial charge in [-0.3, -0.25) is 4.68 Å². The Morgan fingerprint density at radius 2 is 2.06 bits per heavy atom. The van der Waals surface area contributed by atoms with Crippen molar-refractivity contribution in [3.05, 3.63) is 47.0 Å². The molecule has 0 spiro atoms. The van der Waals surface area contributed by atoms with Crippen LogP contribution in [0.15, 0.2) is 24.3 Å². The van der Waals surface area contributed by atoms with Crippen LogP contribution in [0.4, 0.5) is 4.39 Å². The summed E-state index contributed by atoms with van der Waals surface area (Å²) in [6.45, 7) is 6.91. The molecule has 0 radical (unpaired) electrons. The molecule has 0 aliphatic heterocycles. The average Bonchev–Trinajstić information content (AvgIpc) is 2.71. The second-order valence-electron chi connectivity index (χ2n) is 4.29. The maximum absolute atomic E-state index is 13.4. The lowest BCUT2D eigenvalue weighted by atomic mass is 10.2. The summed E-state index contributed by atoms with van der Waals surface area (Å²) in [5.41, 5.74) is 2.58. The Hall–Kier alpha value is -1.84. The van der Waals surface area contributed by atoms with Crippen LogP contribution in [0.25, 0.3) is 0 Å². The van der Waals surface area contributed by atoms with E-state index in [1.807, 2.05) is 24.6 Å². The highest BCUT2D eigenvalue weighted by Crippen LogP contribution is 2.17. The topological polar surface area (TPSA) is 27.1 Å². The number of hydrogen-bond donors (Lipinski definition) is 0. The molecule has 2 aromatic rings. The van der Waals surface area contributed by atoms with Crippen LogP contribution >= 0.6 is 0 Å². The molecule has 1 aromatic carbocycles. The van der Waals surface area contributed by atoms with Crippen LogP contribution in [-0.4, -0.2) is 9.78 Å². The highest BCUT2D eigenvalue weighted by Gasteiger charge is 2.06. The van der Waals surface area contributed by atoms with Gasteiger partial charge < -0.3 is 4.74 Å². The molecule has 0 N–H and O–H groups in total. The first-order valence-corrected chi connectivity index (χ1v) is 6.02. The monoisotopic (exact) mass is 248 g/mol. The highest BCUT2D eigenvalue weighted by molar-refractivity contribution is 5.28. The Morgan fingerprint density at radius 1 is 1.28 bits per heavy atom. The van der Waals surface area contributed by atoms with Gasteiger partial charge in [-0.25, -0.2) is 4.39 Å². The number of hydrogen-bond acceptors (Lipinski definition) is 2. The molecule has 0 bridgehead atoms. The number of aryl methyl sites for hydroxylation is 3. The summed E-state index contributed by atoms with van der Waals surface area (Å²) in [6, 6.07) is 6.88. The van der Waals surface area contributed by atoms with Gasteiger partial charge in [0.15, 0.2) is 0 Å². The third-order valence-electron chi connectivity index (χ3n) is 2.82. The van der Waals surface area contributed by atoms with Gasteiger partial charge in [-0.15, -0.1) is 0 Å². The Kier molecular flexibility index (Phi) is 3.65. The SMILES string of the molecule is CCn1nc(C)cc1COc1ccc(C)c(F)c1. The largest absolute Gasteiger partial charge is 0.487 e. The Morgan fingerprint density at radius 3 is 2.72 bits per heavy atom. The van der Waals surface area contributed by atoms with Crippen molar-refractivity contribution in [2.45, 2.75) is 33.9 Å². The Balaban J connectivity index is 2.08. The molecule has 0 fully saturated rings. The molecule has 0 saturated carbocycles. The predicted molar refractivity (Wildman–Crippen MR) is 68.1 cm³/mol. The zero-order valence-electron chi connectivity index (χ0n) is 10.9. The maximum atomic E-state index is 13.4. The maximum Gasteiger partial charge on any atom is 0.130 e. The van der Waals surface area contributed by atoms with E-state index in [4.69, 9.17) is 4.74 Å². The van der Waals surface area contributed by atoms with Crippen LogP contribution in [0.5, 0.6) is 5.75 Å². The fraction of sp³-hybridized carbons (Fsp3) is 0.357. The average molecular weight is 248 g/mol. The molecule has 4 heteroatoms. The standard InChI is InChI=1S/C14H17FN2O/c1-4-17-12(7-11(3)16-17)9-18-13-6-5-10(2)14(15)8-13/h5-8H,4,9H2,1-3H3. The zero-order chi connectivity index (χ0) is 13.1. The number of aromatic nitrogens is 2. The summed E-state index contributed by atoms with van der Waals surface area (Å²) in [6.07, 6.45) is 0. The third kappa shape index (κ3) is 2.70. The molecular formula is C14H17FN2O. The number of nitrogens with zero attached hydrogens (tertiary/aromatic N) is 2. The smallest absolute Gasteiger partial charge is 0.130 e. The zero-order valence-corrected chi connectivity index (χ0v) is 10.9. The first-order chi connectivity index (χ1) is 8.60. The molecule has 3 nitrogen and oxygen atoms in total. The molecule has 0 amide bonds. The van der Waals surface area contributed by atoms with E-state index in [0.29, 0.717) is 17.9 Å². The van der Waals surface area contributed by atoms with Crippen molar-refractivity contribution in [3.8, 4) is 5.75 Å². The summed E-state index contributed by atoms with van der Waals surface area (Å²) >= 11 is 0. The van der Waals surface area contributed by atoms with Gasteiger partial charge in [-0.1, -0.05) is 6.07 Å². The van der Waals surface area contributed by atoms with Gasteiger partial charge in [-0.05, 0) is 38.5 Å². The molecule has 0 saturated heterocycles. The molecule has 2 rings (SSSR count). The van der Waals surface area contributed by atoms with E-state index in [2.05, 4.69) is 5.10 Å². The molecule has 18 heavy (non-hydrogen) atoms. The van der Waals surface area contributed by atoms with Crippen molar-refractivity contribution < 1.29 is 9.13 Å². The van der Waals surface area contributed by atoms with Crippen LogP contribution in [0.2, 0.25) is 0 Å². The minimum absolute atomic E-state index is 0.243. The van der Waals surface area contributed by atoms with Gasteiger partial charge in [0.25, 0.3) is 0 Å². The van der Waals surface area contributed by atoms with Gasteiger partial charge in [-0.2, -0.15) is 5.10 Å². The van der Waals surface area contributed by atoms with E-state index in [0.717, 1.165) is 17.9 Å². The van der Waals surface area contributed by atoms with E-state index in [1.54, 1.807) is 19.1 Å². The van der Waals surface area contributed by atoms with E-state index in [1.165, 1.54) is 6.07 Å². The van der Waals surface area contributed by atoms with Gasteiger partial charge in [0, 0.05) is 12.6 Å². The van der Waals surface area contributed by atoms with Crippen LogP contribution in [0.3, 0.4) is 0 Å². The molecular weight excluding hydrogens is 231 g/mol. The lowest BCUT2D eigenvalue weighted by Crippen LogP contribution is -2.06. The van der Waals surface area contributed by atoms with Crippen LogP contribution in [-0.2, 0) is 13.2 Å². The molecule has 0 aliphatic carbocycles. The Labute approximate surface area is 106 Å². The second-order valence-corrected chi connectivity index (χ2v) is 4.29. The normalized spacial score (nSPS) is 10.7. The minimum atomic E-state index is -0.243. The number of benzene rings is 1. The van der Waals surface area contributed by atoms with E-state index in [9.17, 15) is 4.39 Å². The first kappa shape index (κ1) is 12.6. The molecule has 96 valence electrons. The molecule has 0 aliphatic rings. The van der Waals surface area contributed by atoms with E-state index in [-0.39, 0.29) is 5.82 Å². The van der Waals surface area contributed by atoms with Crippen LogP contribution in [0.1, 0.15) is 23.9 Å². The van der Waals surface area contributed by atoms with Crippen LogP contribution < -0.4 is 4.74 Å². The van der Waals surface area contributed by atoms with Crippen LogP contribution in [0, 0.1) is 19.7 Å². The predicted octanol–water partition coefficient (Wildman–Crippen LogP) is 3.24. The Bertz CT molecular complexity index is 549. The highest BCUT2D eigenvalue weighted by atomic mass is 19.1. The van der Waals surface area contributed by atoms with Crippen molar-refractivity contribution in [1.29, 1.82) is 0 Å². The lowest BCUT2D eigenvalue weighted by molar-refractivity contribution is 0.291. The van der Waals surface area contributed by atoms with E-state index < -0.39 is 0 Å². The number of halogens is 1. The number of rotatable bonds is 4. The molecule has 0 unspecified atom stereocenters. The summed E-state index contributed by atoms with van der Waals surface area (Å²) < 4.78 is 20.8. The lowest BCUT2D eigenvalue weighted by Gasteiger charge is -2.08. The summed E-state index contributed by atoms with van der Waals surface area (Å²) in [7, 11) is 0. The van der Waals surface area contributed by atoms with Gasteiger partial charge in [0.2, 0.25) is 0 Å². The quantitative estimate of drug-likeness (QED) is 0.830. The molecule has 0 atom stereocenters. The molecule has 1 heterocycles. The van der Waals surface area contributed by atoms with Crippen molar-refractivity contribution in [2.24, 2.45) is 0 Å². The van der Waals surface area contributed by atoms with Gasteiger partial charge >= 0.3 is 0 Å². The molecule has 1 aromatic heterocycles. The van der Waals surface area contributed by atoms with Gasteiger partial charge in [0.05, 0.1) is 11.4 Å².